The molecule has 1 aliphatic rings. The molecule has 8 nitrogen and oxygen atoms in total. The summed E-state index contributed by atoms with van der Waals surface area (Å²) in [5.41, 5.74) is 4.39. The first-order chi connectivity index (χ1) is 15.1. The molecular weight excluding hydrogens is 410 g/mol. The monoisotopic (exact) mass is 439 g/mol. The van der Waals surface area contributed by atoms with Crippen LogP contribution in [0.25, 0.3) is 0 Å². The normalized spacial score (nSPS) is 18.9. The number of amides is 3. The van der Waals surface area contributed by atoms with Gasteiger partial charge >= 0.3 is 0 Å². The first-order valence-electron chi connectivity index (χ1n) is 10.5. The van der Waals surface area contributed by atoms with E-state index in [1.165, 1.54) is 11.8 Å². The van der Waals surface area contributed by atoms with Gasteiger partial charge in [-0.25, -0.2) is 5.48 Å². The number of anilines is 1. The molecule has 0 saturated carbocycles. The number of likely N-dealkylation sites (tertiary alicyclic amines) is 1. The zero-order valence-electron chi connectivity index (χ0n) is 18.8. The Morgan fingerprint density at radius 3 is 2.53 bits per heavy atom. The highest BCUT2D eigenvalue weighted by atomic mass is 16.5. The molecule has 8 heteroatoms. The van der Waals surface area contributed by atoms with Crippen LogP contribution in [0.1, 0.15) is 43.9 Å². The van der Waals surface area contributed by atoms with Crippen molar-refractivity contribution in [3.8, 4) is 5.75 Å². The van der Waals surface area contributed by atoms with Gasteiger partial charge in [0.05, 0.1) is 5.41 Å². The van der Waals surface area contributed by atoms with Crippen LogP contribution in [0.15, 0.2) is 42.5 Å². The van der Waals surface area contributed by atoms with E-state index in [0.29, 0.717) is 25.3 Å². The van der Waals surface area contributed by atoms with Crippen molar-refractivity contribution >= 4 is 23.4 Å². The van der Waals surface area contributed by atoms with Crippen LogP contribution in [-0.2, 0) is 26.4 Å². The zero-order chi connectivity index (χ0) is 23.5. The predicted octanol–water partition coefficient (Wildman–Crippen LogP) is 2.92. The molecule has 1 heterocycles. The van der Waals surface area contributed by atoms with Crippen LogP contribution < -0.4 is 15.5 Å². The molecule has 170 valence electrons. The summed E-state index contributed by atoms with van der Waals surface area (Å²) < 4.78 is 5.90. The number of nitrogens with zero attached hydrogens (tertiary/aromatic N) is 1. The average molecular weight is 440 g/mol. The molecule has 2 unspecified atom stereocenters. The third kappa shape index (κ3) is 4.91. The number of benzene rings is 2. The minimum atomic E-state index is -0.744. The van der Waals surface area contributed by atoms with Crippen molar-refractivity contribution in [3.63, 3.8) is 0 Å². The molecule has 3 N–H and O–H groups in total. The van der Waals surface area contributed by atoms with Gasteiger partial charge in [-0.05, 0) is 68.1 Å². The van der Waals surface area contributed by atoms with Gasteiger partial charge in [0.25, 0.3) is 5.91 Å². The van der Waals surface area contributed by atoms with Gasteiger partial charge < -0.3 is 15.0 Å². The Labute approximate surface area is 187 Å². The topological polar surface area (TPSA) is 108 Å². The van der Waals surface area contributed by atoms with Crippen molar-refractivity contribution < 1.29 is 24.3 Å². The summed E-state index contributed by atoms with van der Waals surface area (Å²) in [7, 11) is 0. The van der Waals surface area contributed by atoms with Crippen molar-refractivity contribution in [2.45, 2.75) is 52.2 Å². The number of hydrogen-bond donors (Lipinski definition) is 3. The number of nitrogens with one attached hydrogen (secondary N) is 2. The predicted molar refractivity (Wildman–Crippen MR) is 119 cm³/mol. The van der Waals surface area contributed by atoms with Crippen LogP contribution in [0.2, 0.25) is 0 Å². The summed E-state index contributed by atoms with van der Waals surface area (Å²) in [6.07, 6.45) is 0.574. The maximum absolute atomic E-state index is 13.0. The Bertz CT molecular complexity index is 1020. The minimum absolute atomic E-state index is 0.127. The highest BCUT2D eigenvalue weighted by Gasteiger charge is 2.46. The van der Waals surface area contributed by atoms with Crippen molar-refractivity contribution in [1.82, 2.24) is 10.4 Å². The van der Waals surface area contributed by atoms with Crippen molar-refractivity contribution in [3.05, 3.63) is 59.2 Å². The molecular formula is C24H29N3O5. The van der Waals surface area contributed by atoms with Gasteiger partial charge in [0, 0.05) is 19.2 Å². The Balaban J connectivity index is 1.68. The highest BCUT2D eigenvalue weighted by molar-refractivity contribution is 5.94. The van der Waals surface area contributed by atoms with Gasteiger partial charge in [-0.15, -0.1) is 0 Å². The number of carbonyl (C=O) groups excluding carboxylic acids is 3. The SMILES string of the molecule is CC(=O)Nc1cc(C)cc(COc2ccc(C3(C)CCN(C(C)C(=O)NO)C3=O)cc2)c1. The third-order valence-corrected chi connectivity index (χ3v) is 5.90. The number of aryl methyl sites for hydroxylation is 1. The van der Waals surface area contributed by atoms with E-state index in [0.717, 1.165) is 22.4 Å². The largest absolute Gasteiger partial charge is 0.489 e. The fourth-order valence-electron chi connectivity index (χ4n) is 4.05. The Morgan fingerprint density at radius 2 is 1.91 bits per heavy atom. The van der Waals surface area contributed by atoms with E-state index < -0.39 is 17.4 Å². The van der Waals surface area contributed by atoms with Crippen molar-refractivity contribution in [2.75, 3.05) is 11.9 Å². The molecule has 1 saturated heterocycles. The second-order valence-electron chi connectivity index (χ2n) is 8.43. The highest BCUT2D eigenvalue weighted by Crippen LogP contribution is 2.37. The van der Waals surface area contributed by atoms with E-state index in [-0.39, 0.29) is 11.8 Å². The summed E-state index contributed by atoms with van der Waals surface area (Å²) in [6, 6.07) is 12.4. The fraction of sp³-hybridized carbons (Fsp3) is 0.375. The Morgan fingerprint density at radius 1 is 1.22 bits per heavy atom. The molecule has 1 aliphatic heterocycles. The Kier molecular flexibility index (Phi) is 6.84. The molecule has 2 aromatic carbocycles. The van der Waals surface area contributed by atoms with Crippen molar-refractivity contribution in [2.24, 2.45) is 0 Å². The third-order valence-electron chi connectivity index (χ3n) is 5.90. The summed E-state index contributed by atoms with van der Waals surface area (Å²) in [6.45, 7) is 7.66. The second kappa shape index (κ2) is 9.40. The molecule has 0 bridgehead atoms. The van der Waals surface area contributed by atoms with Gasteiger partial charge in [-0.2, -0.15) is 0 Å². The summed E-state index contributed by atoms with van der Waals surface area (Å²) in [4.78, 5) is 37.6. The molecule has 0 spiro atoms. The maximum Gasteiger partial charge on any atom is 0.265 e. The molecule has 0 aliphatic carbocycles. The second-order valence-corrected chi connectivity index (χ2v) is 8.43. The molecule has 2 aromatic rings. The first-order valence-corrected chi connectivity index (χ1v) is 10.5. The molecule has 2 atom stereocenters. The molecule has 32 heavy (non-hydrogen) atoms. The number of rotatable bonds is 7. The minimum Gasteiger partial charge on any atom is -0.489 e. The molecule has 0 radical (unpaired) electrons. The van der Waals surface area contributed by atoms with Crippen LogP contribution >= 0.6 is 0 Å². The lowest BCUT2D eigenvalue weighted by Crippen LogP contribution is -2.47. The molecule has 1 fully saturated rings. The van der Waals surface area contributed by atoms with E-state index in [1.54, 1.807) is 12.4 Å². The van der Waals surface area contributed by atoms with Crippen molar-refractivity contribution in [1.29, 1.82) is 0 Å². The summed E-state index contributed by atoms with van der Waals surface area (Å²) >= 11 is 0. The van der Waals surface area contributed by atoms with Gasteiger partial charge in [0.15, 0.2) is 0 Å². The number of ether oxygens (including phenoxy) is 1. The number of carbonyl (C=O) groups is 3. The van der Waals surface area contributed by atoms with E-state index >= 15 is 0 Å². The van der Waals surface area contributed by atoms with Crippen LogP contribution in [0.4, 0.5) is 5.69 Å². The van der Waals surface area contributed by atoms with Gasteiger partial charge in [0.1, 0.15) is 18.4 Å². The van der Waals surface area contributed by atoms with Gasteiger partial charge in [0.2, 0.25) is 11.8 Å². The summed E-state index contributed by atoms with van der Waals surface area (Å²) in [5, 5.41) is 11.6. The van der Waals surface area contributed by atoms with E-state index in [1.807, 2.05) is 56.3 Å². The average Bonchev–Trinajstić information content (AvgIpc) is 3.06. The number of hydroxylamine groups is 1. The quantitative estimate of drug-likeness (QED) is 0.454. The van der Waals surface area contributed by atoms with E-state index in [2.05, 4.69) is 5.32 Å². The summed E-state index contributed by atoms with van der Waals surface area (Å²) in [5.74, 6) is -0.218. The molecule has 3 rings (SSSR count). The van der Waals surface area contributed by atoms with Crippen LogP contribution in [0, 0.1) is 6.92 Å². The van der Waals surface area contributed by atoms with Crippen LogP contribution in [0.5, 0.6) is 5.75 Å². The zero-order valence-corrected chi connectivity index (χ0v) is 18.8. The van der Waals surface area contributed by atoms with Crippen LogP contribution in [-0.4, -0.2) is 40.4 Å². The van der Waals surface area contributed by atoms with Crippen LogP contribution in [0.3, 0.4) is 0 Å². The first kappa shape index (κ1) is 23.3. The maximum atomic E-state index is 13.0. The van der Waals surface area contributed by atoms with E-state index in [9.17, 15) is 14.4 Å². The Hall–Kier alpha value is -3.39. The smallest absolute Gasteiger partial charge is 0.265 e. The lowest BCUT2D eigenvalue weighted by Gasteiger charge is -2.27. The van der Waals surface area contributed by atoms with Gasteiger partial charge in [-0.1, -0.05) is 18.2 Å². The molecule has 0 aromatic heterocycles. The molecule has 3 amide bonds. The standard InChI is InChI=1S/C24H29N3O5/c1-15-11-18(13-20(12-15)25-17(3)28)14-32-21-7-5-19(6-8-21)24(4)9-10-27(23(24)30)16(2)22(29)26-31/h5-8,11-13,16,31H,9-10,14H2,1-4H3,(H,25,28)(H,26,29). The lowest BCUT2D eigenvalue weighted by molar-refractivity contribution is -0.143. The fourth-order valence-corrected chi connectivity index (χ4v) is 4.05. The van der Waals surface area contributed by atoms with Gasteiger partial charge in [-0.3, -0.25) is 19.6 Å². The van der Waals surface area contributed by atoms with E-state index in [4.69, 9.17) is 9.94 Å². The number of hydrogen-bond acceptors (Lipinski definition) is 5. The lowest BCUT2D eigenvalue weighted by atomic mass is 9.81.